The summed E-state index contributed by atoms with van der Waals surface area (Å²) in [6, 6.07) is 0. The molecular weight excluding hydrogens is 363 g/mol. The van der Waals surface area contributed by atoms with Gasteiger partial charge in [0.1, 0.15) is 0 Å². The third kappa shape index (κ3) is 5.05. The van der Waals surface area contributed by atoms with Gasteiger partial charge in [-0.05, 0) is 0 Å². The molecule has 0 saturated carbocycles. The molecule has 0 bridgehead atoms. The Bertz CT molecular complexity index is 302. The molecule has 122 valence electrons. The van der Waals surface area contributed by atoms with Crippen molar-refractivity contribution in [3.05, 3.63) is 0 Å². The van der Waals surface area contributed by atoms with E-state index in [-0.39, 0.29) is 17.2 Å². The molecule has 0 spiro atoms. The van der Waals surface area contributed by atoms with Crippen LogP contribution in [0.15, 0.2) is 0 Å². The Morgan fingerprint density at radius 1 is 1.25 bits per heavy atom. The molecule has 0 aliphatic carbocycles. The van der Waals surface area contributed by atoms with Gasteiger partial charge in [0.2, 0.25) is 0 Å². The molecular formula is C9H18O9SSe-2. The summed E-state index contributed by atoms with van der Waals surface area (Å²) < 4.78 is 35.4. The first-order chi connectivity index (χ1) is 9.19. The number of aliphatic hydroxyl groups is 5. The van der Waals surface area contributed by atoms with E-state index in [1.54, 1.807) is 0 Å². The molecule has 9 nitrogen and oxygen atoms in total. The summed E-state index contributed by atoms with van der Waals surface area (Å²) in [4.78, 5) is -0.553. The van der Waals surface area contributed by atoms with Crippen LogP contribution in [0, 0.1) is 0 Å². The fourth-order valence-corrected chi connectivity index (χ4v) is 8.16. The summed E-state index contributed by atoms with van der Waals surface area (Å²) in [5.74, 6) is 0. The molecule has 0 amide bonds. The molecule has 1 heterocycles. The van der Waals surface area contributed by atoms with E-state index in [0.717, 1.165) is 0 Å². The average Bonchev–Trinajstić information content (AvgIpc) is 2.60. The molecule has 0 aromatic carbocycles. The zero-order valence-electron chi connectivity index (χ0n) is 10.4. The van der Waals surface area contributed by atoms with Gasteiger partial charge in [0.15, 0.2) is 0 Å². The summed E-state index contributed by atoms with van der Waals surface area (Å²) in [6.07, 6.45) is -5.11. The summed E-state index contributed by atoms with van der Waals surface area (Å²) in [5.41, 5.74) is 0. The van der Waals surface area contributed by atoms with E-state index in [4.69, 9.17) is 5.11 Å². The number of aliphatic hydroxyl groups excluding tert-OH is 5. The Morgan fingerprint density at radius 3 is 2.30 bits per heavy atom. The second-order valence-electron chi connectivity index (χ2n) is 4.44. The second kappa shape index (κ2) is 7.68. The molecule has 0 aromatic heterocycles. The molecule has 0 radical (unpaired) electrons. The van der Waals surface area contributed by atoms with Crippen LogP contribution in [0.4, 0.5) is 0 Å². The van der Waals surface area contributed by atoms with Gasteiger partial charge in [-0.1, -0.05) is 0 Å². The Labute approximate surface area is 122 Å². The Balaban J connectivity index is 2.62. The van der Waals surface area contributed by atoms with Gasteiger partial charge in [-0.2, -0.15) is 0 Å². The number of hydrogen-bond acceptors (Lipinski definition) is 9. The fraction of sp³-hybridized carbons (Fsp3) is 1.00. The SMILES string of the molecule is [O-]S([O-])([O-])OC(CO)[C@H](O)C[Se+]1C[C@@H](O)[C@H](O)[C@H]1CO. The Hall–Kier alpha value is 0.509. The molecule has 1 rings (SSSR count). The van der Waals surface area contributed by atoms with E-state index in [1.165, 1.54) is 0 Å². The predicted octanol–water partition coefficient (Wildman–Crippen LogP) is -2.57. The van der Waals surface area contributed by atoms with Gasteiger partial charge >= 0.3 is 122 Å². The Kier molecular flexibility index (Phi) is 7.12. The second-order valence-corrected chi connectivity index (χ2v) is 10.4. The number of hydrogen-bond donors (Lipinski definition) is 5. The standard InChI is InChI=1S/C9H20O9SSe/c10-1-7(18-19(15,16)17)5(12)3-20-4-6(13)9(14)8(20)2-11/h5-14H,1-4H2,(H2-,15,16,17)/p-2/t5-,6-,7?,8-,9+,20?/m1/s1. The molecule has 6 atom stereocenters. The summed E-state index contributed by atoms with van der Waals surface area (Å²) in [6.45, 7) is -1.23. The van der Waals surface area contributed by atoms with E-state index in [9.17, 15) is 34.1 Å². The molecule has 1 fully saturated rings. The van der Waals surface area contributed by atoms with Crippen LogP contribution in [0.25, 0.3) is 0 Å². The molecule has 1 aliphatic heterocycles. The van der Waals surface area contributed by atoms with Crippen molar-refractivity contribution in [2.75, 3.05) is 13.2 Å². The molecule has 11 heteroatoms. The van der Waals surface area contributed by atoms with Crippen LogP contribution in [-0.2, 0) is 4.18 Å². The average molecular weight is 381 g/mol. The monoisotopic (exact) mass is 382 g/mol. The van der Waals surface area contributed by atoms with Crippen LogP contribution in [0.1, 0.15) is 0 Å². The summed E-state index contributed by atoms with van der Waals surface area (Å²) in [7, 11) is 0. The zero-order chi connectivity index (χ0) is 15.5. The minimum absolute atomic E-state index is 0.0138. The van der Waals surface area contributed by atoms with Crippen molar-refractivity contribution >= 4 is 25.1 Å². The van der Waals surface area contributed by atoms with Crippen molar-refractivity contribution in [1.82, 2.24) is 0 Å². The van der Waals surface area contributed by atoms with Crippen molar-refractivity contribution in [1.29, 1.82) is 0 Å². The quantitative estimate of drug-likeness (QED) is 0.296. The van der Waals surface area contributed by atoms with E-state index >= 15 is 0 Å². The van der Waals surface area contributed by atoms with Crippen LogP contribution >= 0.6 is 11.2 Å². The van der Waals surface area contributed by atoms with Crippen molar-refractivity contribution in [3.63, 3.8) is 0 Å². The van der Waals surface area contributed by atoms with Gasteiger partial charge in [0, 0.05) is 0 Å². The maximum atomic E-state index is 10.5. The van der Waals surface area contributed by atoms with Crippen molar-refractivity contribution in [3.8, 4) is 0 Å². The number of rotatable bonds is 7. The molecule has 0 aromatic rings. The van der Waals surface area contributed by atoms with Crippen LogP contribution < -0.4 is 0 Å². The molecule has 1 saturated heterocycles. The van der Waals surface area contributed by atoms with Gasteiger partial charge in [0.05, 0.1) is 0 Å². The molecule has 1 aliphatic rings. The van der Waals surface area contributed by atoms with Gasteiger partial charge in [-0.3, -0.25) is 0 Å². The van der Waals surface area contributed by atoms with E-state index < -0.39 is 60.9 Å². The van der Waals surface area contributed by atoms with Crippen molar-refractivity contribution in [2.45, 2.75) is 39.9 Å². The van der Waals surface area contributed by atoms with Gasteiger partial charge < -0.3 is 0 Å². The van der Waals surface area contributed by atoms with E-state index in [0.29, 0.717) is 0 Å². The van der Waals surface area contributed by atoms with Gasteiger partial charge in [-0.25, -0.2) is 0 Å². The van der Waals surface area contributed by atoms with Crippen LogP contribution in [0.3, 0.4) is 0 Å². The predicted molar refractivity (Wildman–Crippen MR) is 66.1 cm³/mol. The van der Waals surface area contributed by atoms with Crippen molar-refractivity contribution in [2.24, 2.45) is 0 Å². The van der Waals surface area contributed by atoms with E-state index in [1.807, 2.05) is 0 Å². The fourth-order valence-electron chi connectivity index (χ4n) is 1.99. The molecule has 5 N–H and O–H groups in total. The van der Waals surface area contributed by atoms with Gasteiger partial charge in [0.25, 0.3) is 0 Å². The normalized spacial score (nSPS) is 35.0. The van der Waals surface area contributed by atoms with Gasteiger partial charge in [-0.15, -0.1) is 0 Å². The van der Waals surface area contributed by atoms with Crippen LogP contribution in [-0.4, -0.2) is 90.7 Å². The first kappa shape index (κ1) is 18.6. The van der Waals surface area contributed by atoms with Crippen LogP contribution in [0.2, 0.25) is 15.5 Å². The Morgan fingerprint density at radius 2 is 1.85 bits per heavy atom. The third-order valence-electron chi connectivity index (χ3n) is 3.00. The molecule has 2 unspecified atom stereocenters. The molecule has 20 heavy (non-hydrogen) atoms. The van der Waals surface area contributed by atoms with Crippen molar-refractivity contribution < 1.29 is 43.4 Å². The maximum absolute atomic E-state index is 10.5. The first-order valence-electron chi connectivity index (χ1n) is 5.76. The zero-order valence-corrected chi connectivity index (χ0v) is 12.9. The minimum atomic E-state index is -5.06. The van der Waals surface area contributed by atoms with Crippen LogP contribution in [0.5, 0.6) is 0 Å². The summed E-state index contributed by atoms with van der Waals surface area (Å²) in [5, 5.41) is 47.3. The summed E-state index contributed by atoms with van der Waals surface area (Å²) >= 11 is -6.90. The first-order valence-corrected chi connectivity index (χ1v) is 10.5. The topological polar surface area (TPSA) is 180 Å². The van der Waals surface area contributed by atoms with E-state index in [2.05, 4.69) is 4.18 Å². The third-order valence-corrected chi connectivity index (χ3v) is 9.41.